The van der Waals surface area contributed by atoms with Gasteiger partial charge in [-0.2, -0.15) is 0 Å². The quantitative estimate of drug-likeness (QED) is 0.385. The van der Waals surface area contributed by atoms with Gasteiger partial charge in [-0.05, 0) is 42.2 Å². The number of hydrogen-bond donors (Lipinski definition) is 1. The van der Waals surface area contributed by atoms with E-state index in [1.165, 1.54) is 25.2 Å². The van der Waals surface area contributed by atoms with Gasteiger partial charge in [0.2, 0.25) is 21.8 Å². The third-order valence-electron chi connectivity index (χ3n) is 5.92. The van der Waals surface area contributed by atoms with Gasteiger partial charge in [0.1, 0.15) is 29.8 Å². The molecule has 210 valence electrons. The van der Waals surface area contributed by atoms with Gasteiger partial charge in [0, 0.05) is 19.2 Å². The van der Waals surface area contributed by atoms with Crippen molar-refractivity contribution in [2.24, 2.45) is 5.92 Å². The summed E-state index contributed by atoms with van der Waals surface area (Å²) < 4.78 is 42.5. The van der Waals surface area contributed by atoms with E-state index < -0.39 is 28.5 Å². The lowest BCUT2D eigenvalue weighted by atomic mass is 10.1. The molecule has 11 heteroatoms. The zero-order valence-corrected chi connectivity index (χ0v) is 24.0. The van der Waals surface area contributed by atoms with Crippen molar-refractivity contribution in [3.05, 3.63) is 48.0 Å². The van der Waals surface area contributed by atoms with Crippen LogP contribution < -0.4 is 23.8 Å². The molecule has 0 fully saturated rings. The van der Waals surface area contributed by atoms with E-state index in [-0.39, 0.29) is 29.8 Å². The molecule has 0 aliphatic heterocycles. The van der Waals surface area contributed by atoms with Gasteiger partial charge in [0.05, 0.1) is 33.3 Å². The second kappa shape index (κ2) is 13.9. The van der Waals surface area contributed by atoms with Crippen molar-refractivity contribution in [1.29, 1.82) is 0 Å². The van der Waals surface area contributed by atoms with Gasteiger partial charge < -0.3 is 24.4 Å². The summed E-state index contributed by atoms with van der Waals surface area (Å²) in [6.45, 7) is 5.81. The van der Waals surface area contributed by atoms with Crippen LogP contribution in [0.15, 0.2) is 42.5 Å². The lowest BCUT2D eigenvalue weighted by molar-refractivity contribution is -0.140. The molecule has 2 aromatic rings. The molecular weight excluding hydrogens is 510 g/mol. The summed E-state index contributed by atoms with van der Waals surface area (Å²) in [4.78, 5) is 28.4. The zero-order valence-electron chi connectivity index (χ0n) is 23.2. The fraction of sp³-hybridized carbons (Fsp3) is 0.481. The summed E-state index contributed by atoms with van der Waals surface area (Å²) in [5.74, 6) is 0.755. The molecule has 0 radical (unpaired) electrons. The third-order valence-corrected chi connectivity index (χ3v) is 7.04. The highest BCUT2D eigenvalue weighted by atomic mass is 32.2. The van der Waals surface area contributed by atoms with E-state index in [4.69, 9.17) is 14.2 Å². The van der Waals surface area contributed by atoms with E-state index in [2.05, 4.69) is 5.32 Å². The number of carbonyl (C=O) groups excluding carboxylic acids is 2. The van der Waals surface area contributed by atoms with E-state index >= 15 is 0 Å². The number of hydrogen-bond acceptors (Lipinski definition) is 7. The molecule has 2 aromatic carbocycles. The second-order valence-corrected chi connectivity index (χ2v) is 11.1. The van der Waals surface area contributed by atoms with Gasteiger partial charge in [-0.15, -0.1) is 0 Å². The summed E-state index contributed by atoms with van der Waals surface area (Å²) in [7, 11) is 0.543. The molecule has 0 aliphatic carbocycles. The van der Waals surface area contributed by atoms with E-state index in [9.17, 15) is 18.0 Å². The number of anilines is 1. The van der Waals surface area contributed by atoms with Gasteiger partial charge in [-0.1, -0.05) is 32.9 Å². The van der Waals surface area contributed by atoms with Crippen molar-refractivity contribution in [1.82, 2.24) is 10.2 Å². The van der Waals surface area contributed by atoms with Crippen molar-refractivity contribution in [2.45, 2.75) is 39.8 Å². The first kappa shape index (κ1) is 30.8. The minimum absolute atomic E-state index is 0.105. The van der Waals surface area contributed by atoms with Gasteiger partial charge in [-0.25, -0.2) is 8.42 Å². The van der Waals surface area contributed by atoms with Crippen molar-refractivity contribution in [2.75, 3.05) is 45.0 Å². The number of ether oxygens (including phenoxy) is 3. The molecule has 1 atom stereocenters. The lowest BCUT2D eigenvalue weighted by Gasteiger charge is -2.33. The fourth-order valence-corrected chi connectivity index (χ4v) is 4.71. The molecule has 1 N–H and O–H groups in total. The minimum atomic E-state index is -3.91. The number of carbonyl (C=O) groups is 2. The Hall–Kier alpha value is -3.47. The first-order chi connectivity index (χ1) is 17.9. The molecule has 38 heavy (non-hydrogen) atoms. The van der Waals surface area contributed by atoms with E-state index in [1.54, 1.807) is 43.5 Å². The average molecular weight is 550 g/mol. The summed E-state index contributed by atoms with van der Waals surface area (Å²) >= 11 is 0. The van der Waals surface area contributed by atoms with Gasteiger partial charge >= 0.3 is 0 Å². The maximum atomic E-state index is 13.8. The molecule has 10 nitrogen and oxygen atoms in total. The van der Waals surface area contributed by atoms with E-state index in [0.717, 1.165) is 16.1 Å². The summed E-state index contributed by atoms with van der Waals surface area (Å²) in [5.41, 5.74) is 0.952. The second-order valence-electron chi connectivity index (χ2n) is 9.24. The molecule has 2 amide bonds. The Bertz CT molecular complexity index is 1180. The Balaban J connectivity index is 2.49. The smallest absolute Gasteiger partial charge is 0.244 e. The van der Waals surface area contributed by atoms with Crippen LogP contribution in [0.5, 0.6) is 17.2 Å². The van der Waals surface area contributed by atoms with Gasteiger partial charge in [0.15, 0.2) is 0 Å². The maximum absolute atomic E-state index is 13.8. The summed E-state index contributed by atoms with van der Waals surface area (Å²) in [6, 6.07) is 11.0. The molecular formula is C27H39N3O7S. The molecule has 2 rings (SSSR count). The minimum Gasteiger partial charge on any atom is -0.497 e. The highest BCUT2D eigenvalue weighted by Gasteiger charge is 2.32. The maximum Gasteiger partial charge on any atom is 0.244 e. The van der Waals surface area contributed by atoms with Gasteiger partial charge in [0.25, 0.3) is 0 Å². The number of nitrogens with one attached hydrogen (secondary N) is 1. The van der Waals surface area contributed by atoms with E-state index in [0.29, 0.717) is 24.5 Å². The Labute approximate surface area is 225 Å². The van der Waals surface area contributed by atoms with Crippen LogP contribution in [0.1, 0.15) is 32.8 Å². The number of nitrogens with zero attached hydrogens (tertiary/aromatic N) is 2. The van der Waals surface area contributed by atoms with Crippen LogP contribution >= 0.6 is 0 Å². The van der Waals surface area contributed by atoms with Crippen LogP contribution in [0.4, 0.5) is 5.69 Å². The van der Waals surface area contributed by atoms with Crippen LogP contribution in [0.2, 0.25) is 0 Å². The van der Waals surface area contributed by atoms with Crippen molar-refractivity contribution in [3.8, 4) is 17.2 Å². The van der Waals surface area contributed by atoms with Gasteiger partial charge in [-0.3, -0.25) is 13.9 Å². The SMILES string of the molecule is CC[C@@H](C(=O)NCC(C)C)N(Cc1ccc(OC)cc1)C(=O)CN(c1ccc(OC)cc1OC)S(C)(=O)=O. The molecule has 0 spiro atoms. The van der Waals surface area contributed by atoms with Crippen LogP contribution in [0, 0.1) is 5.92 Å². The van der Waals surface area contributed by atoms with Crippen molar-refractivity contribution in [3.63, 3.8) is 0 Å². The Morgan fingerprint density at radius 2 is 1.55 bits per heavy atom. The topological polar surface area (TPSA) is 114 Å². The van der Waals surface area contributed by atoms with Crippen LogP contribution in [0.25, 0.3) is 0 Å². The number of sulfonamides is 1. The molecule has 0 unspecified atom stereocenters. The average Bonchev–Trinajstić information content (AvgIpc) is 2.89. The van der Waals surface area contributed by atoms with Crippen molar-refractivity contribution >= 4 is 27.5 Å². The summed E-state index contributed by atoms with van der Waals surface area (Å²) in [5, 5.41) is 2.90. The zero-order chi connectivity index (χ0) is 28.5. The number of amides is 2. The lowest BCUT2D eigenvalue weighted by Crippen LogP contribution is -2.52. The first-order valence-corrected chi connectivity index (χ1v) is 14.2. The molecule has 0 aliphatic rings. The van der Waals surface area contributed by atoms with Crippen molar-refractivity contribution < 1.29 is 32.2 Å². The predicted molar refractivity (Wildman–Crippen MR) is 147 cm³/mol. The molecule has 0 bridgehead atoms. The monoisotopic (exact) mass is 549 g/mol. The molecule has 0 aromatic heterocycles. The number of rotatable bonds is 14. The molecule has 0 saturated heterocycles. The largest absolute Gasteiger partial charge is 0.497 e. The Morgan fingerprint density at radius 3 is 2.05 bits per heavy atom. The van der Waals surface area contributed by atoms with Crippen LogP contribution in [0.3, 0.4) is 0 Å². The standard InChI is InChI=1S/C27H39N3O7S/c1-8-23(27(32)28-16-19(2)3)29(17-20-9-11-21(35-4)12-10-20)26(31)18-30(38(7,33)34)24-14-13-22(36-5)15-25(24)37-6/h9-15,19,23H,8,16-18H2,1-7H3,(H,28,32)/t23-/m0/s1. The first-order valence-electron chi connectivity index (χ1n) is 12.3. The molecule has 0 saturated carbocycles. The Kier molecular flexibility index (Phi) is 11.2. The van der Waals surface area contributed by atoms with E-state index in [1.807, 2.05) is 20.8 Å². The summed E-state index contributed by atoms with van der Waals surface area (Å²) in [6.07, 6.45) is 1.36. The predicted octanol–water partition coefficient (Wildman–Crippen LogP) is 3.06. The third kappa shape index (κ3) is 8.27. The number of methoxy groups -OCH3 is 3. The highest BCUT2D eigenvalue weighted by Crippen LogP contribution is 2.33. The Morgan fingerprint density at radius 1 is 0.947 bits per heavy atom. The fourth-order valence-electron chi connectivity index (χ4n) is 3.86. The normalized spacial score (nSPS) is 12.0. The number of benzene rings is 2. The van der Waals surface area contributed by atoms with Crippen LogP contribution in [-0.4, -0.2) is 71.8 Å². The molecule has 0 heterocycles. The van der Waals surface area contributed by atoms with Crippen LogP contribution in [-0.2, 0) is 26.2 Å². The highest BCUT2D eigenvalue weighted by molar-refractivity contribution is 7.92.